The molecule has 0 bridgehead atoms. The van der Waals surface area contributed by atoms with Gasteiger partial charge in [-0.05, 0) is 52.8 Å². The first-order chi connectivity index (χ1) is 12.0. The van der Waals surface area contributed by atoms with E-state index in [-0.39, 0.29) is 30.6 Å². The third kappa shape index (κ3) is 3.62. The molecule has 0 saturated heterocycles. The number of nitrogens with zero attached hydrogens (tertiary/aromatic N) is 3. The van der Waals surface area contributed by atoms with Crippen molar-refractivity contribution in [1.82, 2.24) is 14.9 Å². The van der Waals surface area contributed by atoms with Crippen LogP contribution >= 0.6 is 0 Å². The lowest BCUT2D eigenvalue weighted by molar-refractivity contribution is -0.389. The van der Waals surface area contributed by atoms with Gasteiger partial charge in [0.15, 0.2) is 0 Å². The van der Waals surface area contributed by atoms with E-state index in [9.17, 15) is 20.0 Å². The Labute approximate surface area is 144 Å². The Balaban J connectivity index is 1.68. The Kier molecular flexibility index (Phi) is 4.69. The van der Waals surface area contributed by atoms with Gasteiger partial charge in [0.2, 0.25) is 11.7 Å². The number of nitro groups is 1. The number of phenols is 1. The summed E-state index contributed by atoms with van der Waals surface area (Å²) in [5.74, 6) is 0.0282. The van der Waals surface area contributed by atoms with Crippen LogP contribution in [0.3, 0.4) is 0 Å². The molecule has 0 unspecified atom stereocenters. The number of aryl methyl sites for hydroxylation is 2. The molecule has 2 aromatic rings. The highest BCUT2D eigenvalue weighted by Gasteiger charge is 2.19. The van der Waals surface area contributed by atoms with Crippen LogP contribution in [0, 0.1) is 17.0 Å². The normalized spacial score (nSPS) is 13.3. The second-order valence-corrected chi connectivity index (χ2v) is 6.22. The minimum atomic E-state index is -0.588. The quantitative estimate of drug-likeness (QED) is 0.637. The lowest BCUT2D eigenvalue weighted by atomic mass is 9.88. The van der Waals surface area contributed by atoms with Crippen LogP contribution in [0.1, 0.15) is 35.4 Å². The summed E-state index contributed by atoms with van der Waals surface area (Å²) < 4.78 is 1.44. The number of nitrogens with one attached hydrogen (secondary N) is 1. The van der Waals surface area contributed by atoms with Gasteiger partial charge in [0.1, 0.15) is 18.5 Å². The first-order valence-corrected chi connectivity index (χ1v) is 8.23. The maximum absolute atomic E-state index is 12.2. The van der Waals surface area contributed by atoms with Crippen LogP contribution in [0.5, 0.6) is 5.75 Å². The number of hydrogen-bond acceptors (Lipinski definition) is 5. The molecule has 1 aliphatic rings. The second-order valence-electron chi connectivity index (χ2n) is 6.22. The van der Waals surface area contributed by atoms with Crippen LogP contribution in [0.2, 0.25) is 0 Å². The SMILES string of the molecule is Cc1nc([N+](=O)[O-])cn1CC(=O)NCc1c(O)ccc2c1CCCC2. The molecule has 0 saturated carbocycles. The number of hydrogen-bond donors (Lipinski definition) is 2. The predicted molar refractivity (Wildman–Crippen MR) is 90.2 cm³/mol. The van der Waals surface area contributed by atoms with Crippen molar-refractivity contribution in [3.8, 4) is 5.75 Å². The molecule has 0 spiro atoms. The maximum atomic E-state index is 12.2. The van der Waals surface area contributed by atoms with Crippen molar-refractivity contribution in [2.24, 2.45) is 0 Å². The number of fused-ring (bicyclic) bond motifs is 1. The highest BCUT2D eigenvalue weighted by molar-refractivity contribution is 5.76. The van der Waals surface area contributed by atoms with E-state index in [2.05, 4.69) is 10.3 Å². The molecule has 2 N–H and O–H groups in total. The van der Waals surface area contributed by atoms with Gasteiger partial charge >= 0.3 is 5.82 Å². The monoisotopic (exact) mass is 344 g/mol. The summed E-state index contributed by atoms with van der Waals surface area (Å²) >= 11 is 0. The Bertz CT molecular complexity index is 828. The van der Waals surface area contributed by atoms with Gasteiger partial charge in [0, 0.05) is 19.0 Å². The van der Waals surface area contributed by atoms with Gasteiger partial charge in [-0.25, -0.2) is 0 Å². The van der Waals surface area contributed by atoms with Crippen LogP contribution in [0.25, 0.3) is 0 Å². The van der Waals surface area contributed by atoms with E-state index in [4.69, 9.17) is 0 Å². The molecule has 1 amide bonds. The summed E-state index contributed by atoms with van der Waals surface area (Å²) in [6.45, 7) is 1.80. The fourth-order valence-electron chi connectivity index (χ4n) is 3.23. The topological polar surface area (TPSA) is 110 Å². The first-order valence-electron chi connectivity index (χ1n) is 8.23. The number of phenolic OH excluding ortho intramolecular Hbond substituents is 1. The number of amides is 1. The number of benzene rings is 1. The van der Waals surface area contributed by atoms with Crippen LogP contribution in [-0.4, -0.2) is 25.5 Å². The molecule has 0 radical (unpaired) electrons. The van der Waals surface area contributed by atoms with Crippen molar-refractivity contribution in [3.63, 3.8) is 0 Å². The molecule has 25 heavy (non-hydrogen) atoms. The van der Waals surface area contributed by atoms with E-state index < -0.39 is 4.92 Å². The number of aromatic hydroxyl groups is 1. The highest BCUT2D eigenvalue weighted by Crippen LogP contribution is 2.30. The summed E-state index contributed by atoms with van der Waals surface area (Å²) in [7, 11) is 0. The molecular formula is C17H20N4O4. The van der Waals surface area contributed by atoms with E-state index in [1.165, 1.54) is 16.3 Å². The van der Waals surface area contributed by atoms with Crippen LogP contribution in [-0.2, 0) is 30.7 Å². The standard InChI is InChI=1S/C17H20N4O4/c1-11-19-16(21(24)25)9-20(11)10-17(23)18-8-14-13-5-3-2-4-12(13)6-7-15(14)22/h6-7,9,22H,2-5,8,10H2,1H3,(H,18,23). The molecule has 8 heteroatoms. The van der Waals surface area contributed by atoms with Crippen molar-refractivity contribution in [2.45, 2.75) is 45.7 Å². The number of rotatable bonds is 5. The zero-order chi connectivity index (χ0) is 18.0. The van der Waals surface area contributed by atoms with Crippen LogP contribution < -0.4 is 5.32 Å². The molecule has 1 aromatic carbocycles. The molecule has 132 valence electrons. The van der Waals surface area contributed by atoms with Crippen molar-refractivity contribution >= 4 is 11.7 Å². The summed E-state index contributed by atoms with van der Waals surface area (Å²) in [5, 5.41) is 23.7. The summed E-state index contributed by atoms with van der Waals surface area (Å²) in [4.78, 5) is 26.1. The Hall–Kier alpha value is -2.90. The molecule has 8 nitrogen and oxygen atoms in total. The number of carbonyl (C=O) groups excluding carboxylic acids is 1. The number of imidazole rings is 1. The van der Waals surface area contributed by atoms with Gasteiger partial charge in [-0.3, -0.25) is 9.36 Å². The Morgan fingerprint density at radius 1 is 1.40 bits per heavy atom. The molecular weight excluding hydrogens is 324 g/mol. The molecule has 0 aliphatic heterocycles. The zero-order valence-electron chi connectivity index (χ0n) is 14.0. The van der Waals surface area contributed by atoms with E-state index >= 15 is 0 Å². The summed E-state index contributed by atoms with van der Waals surface area (Å²) in [5.41, 5.74) is 3.12. The molecule has 1 heterocycles. The van der Waals surface area contributed by atoms with Crippen molar-refractivity contribution in [2.75, 3.05) is 0 Å². The smallest absolute Gasteiger partial charge is 0.381 e. The van der Waals surface area contributed by atoms with Crippen LogP contribution in [0.15, 0.2) is 18.3 Å². The van der Waals surface area contributed by atoms with Gasteiger partial charge in [0.25, 0.3) is 0 Å². The van der Waals surface area contributed by atoms with Crippen LogP contribution in [0.4, 0.5) is 5.82 Å². The second kappa shape index (κ2) is 6.92. The Morgan fingerprint density at radius 2 is 2.16 bits per heavy atom. The fraction of sp³-hybridized carbons (Fsp3) is 0.412. The average molecular weight is 344 g/mol. The summed E-state index contributed by atoms with van der Waals surface area (Å²) in [6, 6.07) is 3.62. The zero-order valence-corrected chi connectivity index (χ0v) is 14.0. The Morgan fingerprint density at radius 3 is 2.88 bits per heavy atom. The van der Waals surface area contributed by atoms with E-state index in [1.54, 1.807) is 13.0 Å². The van der Waals surface area contributed by atoms with E-state index in [0.29, 0.717) is 5.82 Å². The van der Waals surface area contributed by atoms with Gasteiger partial charge in [-0.2, -0.15) is 0 Å². The lowest BCUT2D eigenvalue weighted by Crippen LogP contribution is -2.28. The van der Waals surface area contributed by atoms with E-state index in [0.717, 1.165) is 36.8 Å². The molecule has 1 aliphatic carbocycles. The number of carbonyl (C=O) groups is 1. The molecule has 3 rings (SSSR count). The lowest BCUT2D eigenvalue weighted by Gasteiger charge is -2.20. The van der Waals surface area contributed by atoms with Gasteiger partial charge in [0.05, 0.1) is 0 Å². The number of aromatic nitrogens is 2. The third-order valence-corrected chi connectivity index (χ3v) is 4.55. The largest absolute Gasteiger partial charge is 0.508 e. The van der Waals surface area contributed by atoms with Crippen molar-refractivity contribution in [3.05, 3.63) is 51.0 Å². The van der Waals surface area contributed by atoms with Crippen molar-refractivity contribution < 1.29 is 14.8 Å². The van der Waals surface area contributed by atoms with Gasteiger partial charge < -0.3 is 20.5 Å². The molecule has 0 atom stereocenters. The average Bonchev–Trinajstić information content (AvgIpc) is 2.95. The minimum Gasteiger partial charge on any atom is -0.508 e. The predicted octanol–water partition coefficient (Wildman–Crippen LogP) is 2.00. The third-order valence-electron chi connectivity index (χ3n) is 4.55. The fourth-order valence-corrected chi connectivity index (χ4v) is 3.23. The summed E-state index contributed by atoms with van der Waals surface area (Å²) in [6.07, 6.45) is 5.37. The van der Waals surface area contributed by atoms with Gasteiger partial charge in [-0.1, -0.05) is 6.07 Å². The molecule has 1 aromatic heterocycles. The first kappa shape index (κ1) is 16.9. The highest BCUT2D eigenvalue weighted by atomic mass is 16.6. The van der Waals surface area contributed by atoms with Crippen molar-refractivity contribution in [1.29, 1.82) is 0 Å². The van der Waals surface area contributed by atoms with E-state index in [1.807, 2.05) is 6.07 Å². The maximum Gasteiger partial charge on any atom is 0.381 e. The molecule has 0 fully saturated rings. The van der Waals surface area contributed by atoms with Gasteiger partial charge in [-0.15, -0.1) is 0 Å². The minimum absolute atomic E-state index is 0.0531.